The lowest BCUT2D eigenvalue weighted by molar-refractivity contribution is 0.585. The van der Waals surface area contributed by atoms with Gasteiger partial charge in [-0.25, -0.2) is 15.0 Å². The van der Waals surface area contributed by atoms with Gasteiger partial charge in [-0.2, -0.15) is 0 Å². The number of hydrogen-bond acceptors (Lipinski definition) is 6. The second kappa shape index (κ2) is 7.28. The first-order valence-corrected chi connectivity index (χ1v) is 9.44. The molecule has 140 valence electrons. The van der Waals surface area contributed by atoms with Gasteiger partial charge in [0.05, 0.1) is 5.69 Å². The molecule has 7 nitrogen and oxygen atoms in total. The zero-order chi connectivity index (χ0) is 18.8. The topological polar surface area (TPSA) is 81.8 Å². The summed E-state index contributed by atoms with van der Waals surface area (Å²) < 4.78 is 0. The van der Waals surface area contributed by atoms with Crippen molar-refractivity contribution in [3.8, 4) is 11.3 Å². The van der Waals surface area contributed by atoms with Gasteiger partial charge in [-0.05, 0) is 42.5 Å². The van der Waals surface area contributed by atoms with E-state index in [1.54, 1.807) is 6.20 Å². The molecule has 1 saturated heterocycles. The number of aromatic amines is 1. The molecule has 1 aliphatic rings. The molecule has 0 bridgehead atoms. The summed E-state index contributed by atoms with van der Waals surface area (Å²) in [6.45, 7) is 3.97. The molecule has 3 N–H and O–H groups in total. The van der Waals surface area contributed by atoms with Crippen molar-refractivity contribution in [3.63, 3.8) is 0 Å². The maximum atomic E-state index is 4.65. The molecule has 1 aliphatic heterocycles. The van der Waals surface area contributed by atoms with E-state index in [4.69, 9.17) is 0 Å². The Morgan fingerprint density at radius 1 is 0.964 bits per heavy atom. The Hall–Kier alpha value is -3.45. The minimum Gasteiger partial charge on any atom is -0.361 e. The zero-order valence-electron chi connectivity index (χ0n) is 15.4. The van der Waals surface area contributed by atoms with Crippen LogP contribution < -0.4 is 15.5 Å². The van der Waals surface area contributed by atoms with Crippen LogP contribution in [0.2, 0.25) is 0 Å². The van der Waals surface area contributed by atoms with Crippen LogP contribution in [-0.2, 0) is 0 Å². The van der Waals surface area contributed by atoms with Gasteiger partial charge in [0, 0.05) is 66.9 Å². The van der Waals surface area contributed by atoms with Crippen LogP contribution in [0.5, 0.6) is 0 Å². The molecule has 4 heterocycles. The largest absolute Gasteiger partial charge is 0.361 e. The minimum atomic E-state index is 0.568. The van der Waals surface area contributed by atoms with Crippen LogP contribution in [0.4, 0.5) is 17.5 Å². The lowest BCUT2D eigenvalue weighted by atomic mass is 10.2. The monoisotopic (exact) mass is 371 g/mol. The lowest BCUT2D eigenvalue weighted by Gasteiger charge is -2.28. The molecule has 28 heavy (non-hydrogen) atoms. The van der Waals surface area contributed by atoms with E-state index in [0.717, 1.165) is 59.8 Å². The lowest BCUT2D eigenvalue weighted by Crippen LogP contribution is -2.43. The molecule has 0 amide bonds. The molecule has 3 aromatic heterocycles. The Balaban J connectivity index is 1.36. The molecule has 5 rings (SSSR count). The standard InChI is InChI=1S/C21H21N7/c1-4-20(28-11-9-22-10-12-28)25-14-16(1)19-6-8-24-21(27-19)26-17-2-3-18-15(13-17)5-7-23-18/h1-8,13-14,22-23H,9-12H2,(H,24,26,27). The van der Waals surface area contributed by atoms with Crippen molar-refractivity contribution in [1.82, 2.24) is 25.3 Å². The van der Waals surface area contributed by atoms with E-state index in [-0.39, 0.29) is 0 Å². The third kappa shape index (κ3) is 3.39. The van der Waals surface area contributed by atoms with Crippen LogP contribution in [0.3, 0.4) is 0 Å². The van der Waals surface area contributed by atoms with Crippen molar-refractivity contribution in [2.24, 2.45) is 0 Å². The minimum absolute atomic E-state index is 0.568. The molecule has 0 atom stereocenters. The molecule has 7 heteroatoms. The third-order valence-corrected chi connectivity index (χ3v) is 4.95. The second-order valence-corrected chi connectivity index (χ2v) is 6.81. The van der Waals surface area contributed by atoms with E-state index in [2.05, 4.69) is 53.7 Å². The fourth-order valence-corrected chi connectivity index (χ4v) is 3.46. The Kier molecular flexibility index (Phi) is 4.34. The summed E-state index contributed by atoms with van der Waals surface area (Å²) in [5.41, 5.74) is 3.89. The Morgan fingerprint density at radius 2 is 1.89 bits per heavy atom. The predicted octanol–water partition coefficient (Wildman–Crippen LogP) is 3.17. The molecular weight excluding hydrogens is 350 g/mol. The van der Waals surface area contributed by atoms with Crippen LogP contribution in [0.25, 0.3) is 22.2 Å². The average molecular weight is 371 g/mol. The van der Waals surface area contributed by atoms with Gasteiger partial charge >= 0.3 is 0 Å². The summed E-state index contributed by atoms with van der Waals surface area (Å²) in [7, 11) is 0. The highest BCUT2D eigenvalue weighted by atomic mass is 15.2. The molecule has 1 aromatic carbocycles. The summed E-state index contributed by atoms with van der Waals surface area (Å²) in [6, 6.07) is 14.2. The van der Waals surface area contributed by atoms with Crippen LogP contribution in [0.15, 0.2) is 61.1 Å². The summed E-state index contributed by atoms with van der Waals surface area (Å²) >= 11 is 0. The van der Waals surface area contributed by atoms with Crippen molar-refractivity contribution in [3.05, 3.63) is 61.1 Å². The zero-order valence-corrected chi connectivity index (χ0v) is 15.4. The molecule has 0 radical (unpaired) electrons. The summed E-state index contributed by atoms with van der Waals surface area (Å²) in [4.78, 5) is 19.1. The second-order valence-electron chi connectivity index (χ2n) is 6.81. The fraction of sp³-hybridized carbons (Fsp3) is 0.190. The average Bonchev–Trinajstić information content (AvgIpc) is 3.23. The van der Waals surface area contributed by atoms with Gasteiger partial charge in [0.25, 0.3) is 0 Å². The van der Waals surface area contributed by atoms with Gasteiger partial charge < -0.3 is 20.5 Å². The molecular formula is C21H21N7. The Bertz CT molecular complexity index is 1080. The predicted molar refractivity (Wildman–Crippen MR) is 112 cm³/mol. The number of H-pyrrole nitrogens is 1. The number of hydrogen-bond donors (Lipinski definition) is 3. The van der Waals surface area contributed by atoms with E-state index in [1.165, 1.54) is 0 Å². The highest BCUT2D eigenvalue weighted by molar-refractivity contribution is 5.83. The third-order valence-electron chi connectivity index (χ3n) is 4.95. The summed E-state index contributed by atoms with van der Waals surface area (Å²) in [6.07, 6.45) is 5.59. The molecule has 0 spiro atoms. The number of fused-ring (bicyclic) bond motifs is 1. The van der Waals surface area contributed by atoms with Crippen molar-refractivity contribution >= 4 is 28.4 Å². The van der Waals surface area contributed by atoms with Gasteiger partial charge in [0.15, 0.2) is 0 Å². The molecule has 0 unspecified atom stereocenters. The number of anilines is 3. The van der Waals surface area contributed by atoms with E-state index < -0.39 is 0 Å². The first-order valence-electron chi connectivity index (χ1n) is 9.44. The normalized spacial score (nSPS) is 14.4. The van der Waals surface area contributed by atoms with Crippen molar-refractivity contribution in [1.29, 1.82) is 0 Å². The molecule has 0 saturated carbocycles. The Labute approximate surface area is 162 Å². The van der Waals surface area contributed by atoms with Crippen molar-refractivity contribution in [2.45, 2.75) is 0 Å². The number of aromatic nitrogens is 4. The van der Waals surface area contributed by atoms with Gasteiger partial charge in [-0.1, -0.05) is 0 Å². The van der Waals surface area contributed by atoms with E-state index in [1.807, 2.05) is 36.7 Å². The smallest absolute Gasteiger partial charge is 0.227 e. The maximum Gasteiger partial charge on any atom is 0.227 e. The first kappa shape index (κ1) is 16.7. The van der Waals surface area contributed by atoms with Gasteiger partial charge in [-0.3, -0.25) is 0 Å². The van der Waals surface area contributed by atoms with E-state index in [9.17, 15) is 0 Å². The first-order chi connectivity index (χ1) is 13.8. The van der Waals surface area contributed by atoms with Crippen molar-refractivity contribution < 1.29 is 0 Å². The Morgan fingerprint density at radius 3 is 2.75 bits per heavy atom. The highest BCUT2D eigenvalue weighted by Crippen LogP contribution is 2.23. The van der Waals surface area contributed by atoms with Gasteiger partial charge in [-0.15, -0.1) is 0 Å². The molecule has 1 fully saturated rings. The van der Waals surface area contributed by atoms with Crippen LogP contribution >= 0.6 is 0 Å². The maximum absolute atomic E-state index is 4.65. The van der Waals surface area contributed by atoms with Gasteiger partial charge in [0.2, 0.25) is 5.95 Å². The van der Waals surface area contributed by atoms with Crippen LogP contribution in [-0.4, -0.2) is 46.1 Å². The molecule has 4 aromatic rings. The highest BCUT2D eigenvalue weighted by Gasteiger charge is 2.12. The fourth-order valence-electron chi connectivity index (χ4n) is 3.46. The summed E-state index contributed by atoms with van der Waals surface area (Å²) in [5, 5.41) is 7.80. The number of nitrogens with one attached hydrogen (secondary N) is 3. The number of nitrogens with zero attached hydrogens (tertiary/aromatic N) is 4. The number of rotatable bonds is 4. The number of pyridine rings is 1. The van der Waals surface area contributed by atoms with E-state index >= 15 is 0 Å². The quantitative estimate of drug-likeness (QED) is 0.511. The van der Waals surface area contributed by atoms with Crippen molar-refractivity contribution in [2.75, 3.05) is 36.4 Å². The molecule has 0 aliphatic carbocycles. The number of piperazine rings is 1. The summed E-state index contributed by atoms with van der Waals surface area (Å²) in [5.74, 6) is 1.58. The van der Waals surface area contributed by atoms with Crippen LogP contribution in [0.1, 0.15) is 0 Å². The van der Waals surface area contributed by atoms with Gasteiger partial charge in [0.1, 0.15) is 5.82 Å². The van der Waals surface area contributed by atoms with E-state index in [0.29, 0.717) is 5.95 Å². The van der Waals surface area contributed by atoms with Crippen LogP contribution in [0, 0.1) is 0 Å². The number of benzene rings is 1. The SMILES string of the molecule is c1cc(-c2ccc(N3CCNCC3)nc2)nc(Nc2ccc3[nH]ccc3c2)n1.